The van der Waals surface area contributed by atoms with Crippen molar-refractivity contribution in [3.05, 3.63) is 64.8 Å². The van der Waals surface area contributed by atoms with Gasteiger partial charge < -0.3 is 21.1 Å². The number of nitrogens with two attached hydrogens (primary N) is 1. The number of carbonyl (C=O) groups excluding carboxylic acids is 1. The summed E-state index contributed by atoms with van der Waals surface area (Å²) in [5, 5.41) is 30.5. The lowest BCUT2D eigenvalue weighted by Gasteiger charge is -2.13. The molecule has 0 atom stereocenters. The van der Waals surface area contributed by atoms with Crippen LogP contribution < -0.4 is 16.5 Å². The van der Waals surface area contributed by atoms with E-state index >= 15 is 0 Å². The topological polar surface area (TPSA) is 152 Å². The zero-order valence-corrected chi connectivity index (χ0v) is 17.1. The van der Waals surface area contributed by atoms with Gasteiger partial charge >= 0.3 is 7.12 Å². The van der Waals surface area contributed by atoms with Crippen LogP contribution in [0.15, 0.2) is 42.5 Å². The predicted molar refractivity (Wildman–Crippen MR) is 119 cm³/mol. The van der Waals surface area contributed by atoms with Crippen molar-refractivity contribution in [2.24, 2.45) is 5.73 Å². The number of benzene rings is 2. The van der Waals surface area contributed by atoms with Crippen molar-refractivity contribution in [2.45, 2.75) is 25.8 Å². The lowest BCUT2D eigenvalue weighted by molar-refractivity contribution is 0.100. The molecule has 10 nitrogen and oxygen atoms in total. The minimum absolute atomic E-state index is 0.291. The van der Waals surface area contributed by atoms with Crippen molar-refractivity contribution < 1.29 is 14.8 Å². The molecule has 0 fully saturated rings. The first-order valence-electron chi connectivity index (χ1n) is 10.2. The van der Waals surface area contributed by atoms with Crippen molar-refractivity contribution in [1.29, 1.82) is 0 Å². The van der Waals surface area contributed by atoms with Gasteiger partial charge in [0.1, 0.15) is 11.3 Å². The zero-order valence-electron chi connectivity index (χ0n) is 17.1. The van der Waals surface area contributed by atoms with Gasteiger partial charge in [0.2, 0.25) is 0 Å². The third kappa shape index (κ3) is 3.57. The van der Waals surface area contributed by atoms with E-state index in [4.69, 9.17) is 15.7 Å². The van der Waals surface area contributed by atoms with Crippen LogP contribution in [0.25, 0.3) is 17.0 Å². The summed E-state index contributed by atoms with van der Waals surface area (Å²) < 4.78 is 1.51. The number of hydrogen-bond donors (Lipinski definition) is 4. The molecule has 1 aliphatic carbocycles. The molecule has 5 N–H and O–H groups in total. The van der Waals surface area contributed by atoms with Crippen LogP contribution in [0.4, 0.5) is 5.82 Å². The summed E-state index contributed by atoms with van der Waals surface area (Å²) >= 11 is 0. The van der Waals surface area contributed by atoms with Crippen LogP contribution in [0.3, 0.4) is 0 Å². The molecule has 0 saturated carbocycles. The molecule has 2 heterocycles. The van der Waals surface area contributed by atoms with E-state index in [-0.39, 0.29) is 0 Å². The number of fused-ring (bicyclic) bond motifs is 2. The quantitative estimate of drug-likeness (QED) is 0.315. The minimum Gasteiger partial charge on any atom is -0.423 e. The van der Waals surface area contributed by atoms with Crippen molar-refractivity contribution in [2.75, 3.05) is 5.32 Å². The lowest BCUT2D eigenvalue weighted by Crippen LogP contribution is -2.30. The summed E-state index contributed by atoms with van der Waals surface area (Å²) in [7, 11) is -1.52. The Hall–Kier alpha value is -3.83. The van der Waals surface area contributed by atoms with Gasteiger partial charge in [-0.15, -0.1) is 5.10 Å². The van der Waals surface area contributed by atoms with Crippen molar-refractivity contribution >= 4 is 35.3 Å². The van der Waals surface area contributed by atoms with Gasteiger partial charge in [-0.05, 0) is 42.4 Å². The second-order valence-electron chi connectivity index (χ2n) is 7.66. The van der Waals surface area contributed by atoms with E-state index < -0.39 is 13.0 Å². The number of amides is 1. The second-order valence-corrected chi connectivity index (χ2v) is 7.66. The van der Waals surface area contributed by atoms with Crippen LogP contribution in [-0.4, -0.2) is 48.0 Å². The number of nitrogens with zero attached hydrogens (tertiary/aromatic N) is 5. The van der Waals surface area contributed by atoms with Gasteiger partial charge in [0.05, 0.1) is 16.8 Å². The van der Waals surface area contributed by atoms with Gasteiger partial charge in [-0.25, -0.2) is 4.98 Å². The Morgan fingerprint density at radius 2 is 2.00 bits per heavy atom. The van der Waals surface area contributed by atoms with Crippen LogP contribution in [-0.2, 0) is 19.4 Å². The van der Waals surface area contributed by atoms with E-state index in [1.54, 1.807) is 36.4 Å². The fourth-order valence-corrected chi connectivity index (χ4v) is 4.00. The Bertz CT molecular complexity index is 1340. The Morgan fingerprint density at radius 3 is 2.81 bits per heavy atom. The molecule has 2 aromatic heterocycles. The molecule has 32 heavy (non-hydrogen) atoms. The van der Waals surface area contributed by atoms with Crippen LogP contribution in [0.5, 0.6) is 0 Å². The van der Waals surface area contributed by atoms with E-state index in [9.17, 15) is 14.8 Å². The van der Waals surface area contributed by atoms with E-state index in [1.807, 2.05) is 6.07 Å². The first-order valence-corrected chi connectivity index (χ1v) is 10.2. The average molecular weight is 429 g/mol. The fourth-order valence-electron chi connectivity index (χ4n) is 4.00. The standard InChI is InChI=1S/C21H20BN7O3/c23-19(30)15-7-3-9-17-18(15)27-28-29(17)21-25-16-8-2-6-14(16)20(26-21)24-11-12-4-1-5-13(10-12)22(31)32/h1,3-5,7,9-10,31-32H,2,6,8,11H2,(H2,23,30)(H,24,25,26). The Balaban J connectivity index is 1.52. The first kappa shape index (κ1) is 20.1. The number of carbonyl (C=O) groups is 1. The molecule has 1 amide bonds. The molecular weight excluding hydrogens is 409 g/mol. The van der Waals surface area contributed by atoms with Crippen LogP contribution in [0, 0.1) is 0 Å². The molecule has 5 rings (SSSR count). The number of anilines is 1. The minimum atomic E-state index is -1.52. The van der Waals surface area contributed by atoms with E-state index in [0.717, 1.165) is 36.1 Å². The molecule has 0 unspecified atom stereocenters. The van der Waals surface area contributed by atoms with Crippen molar-refractivity contribution in [1.82, 2.24) is 25.0 Å². The molecule has 4 aromatic rings. The summed E-state index contributed by atoms with van der Waals surface area (Å²) in [5.41, 5.74) is 10.1. The number of nitrogens with one attached hydrogen (secondary N) is 1. The molecule has 1 aliphatic rings. The highest BCUT2D eigenvalue weighted by Gasteiger charge is 2.22. The van der Waals surface area contributed by atoms with Gasteiger partial charge in [0.25, 0.3) is 11.9 Å². The largest absolute Gasteiger partial charge is 0.488 e. The lowest BCUT2D eigenvalue weighted by atomic mass is 9.79. The number of hydrogen-bond acceptors (Lipinski definition) is 8. The van der Waals surface area contributed by atoms with Gasteiger partial charge in [-0.2, -0.15) is 9.67 Å². The van der Waals surface area contributed by atoms with Crippen molar-refractivity contribution in [3.8, 4) is 5.95 Å². The van der Waals surface area contributed by atoms with Gasteiger partial charge in [-0.3, -0.25) is 4.79 Å². The number of aromatic nitrogens is 5. The maximum atomic E-state index is 11.7. The highest BCUT2D eigenvalue weighted by molar-refractivity contribution is 6.58. The monoisotopic (exact) mass is 429 g/mol. The number of aryl methyl sites for hydroxylation is 1. The maximum absolute atomic E-state index is 11.7. The van der Waals surface area contributed by atoms with E-state index in [0.29, 0.717) is 40.4 Å². The molecule has 0 bridgehead atoms. The molecule has 160 valence electrons. The molecule has 0 aliphatic heterocycles. The second kappa shape index (κ2) is 8.02. The molecule has 0 spiro atoms. The van der Waals surface area contributed by atoms with Crippen LogP contribution in [0.1, 0.15) is 33.6 Å². The van der Waals surface area contributed by atoms with Crippen molar-refractivity contribution in [3.63, 3.8) is 0 Å². The van der Waals surface area contributed by atoms with Gasteiger partial charge in [0.15, 0.2) is 0 Å². The van der Waals surface area contributed by atoms with Gasteiger partial charge in [-0.1, -0.05) is 35.5 Å². The number of primary amides is 1. The molecular formula is C21H20BN7O3. The SMILES string of the molecule is NC(=O)c1cccc2c1nnn2-c1nc2c(c(NCc3cccc(B(O)O)c3)n1)CCC2. The average Bonchev–Trinajstić information content (AvgIpc) is 3.44. The normalized spacial score (nSPS) is 12.7. The predicted octanol–water partition coefficient (Wildman–Crippen LogP) is 0.0900. The summed E-state index contributed by atoms with van der Waals surface area (Å²) in [6.07, 6.45) is 2.69. The van der Waals surface area contributed by atoms with Gasteiger partial charge in [0, 0.05) is 12.1 Å². The Morgan fingerprint density at radius 1 is 1.16 bits per heavy atom. The molecule has 0 radical (unpaired) electrons. The summed E-state index contributed by atoms with van der Waals surface area (Å²) in [6.45, 7) is 0.452. The fraction of sp³-hybridized carbons (Fsp3) is 0.190. The van der Waals surface area contributed by atoms with E-state index in [2.05, 4.69) is 15.6 Å². The summed E-state index contributed by atoms with van der Waals surface area (Å²) in [4.78, 5) is 21.1. The van der Waals surface area contributed by atoms with Crippen LogP contribution in [0.2, 0.25) is 0 Å². The van der Waals surface area contributed by atoms with Crippen LogP contribution >= 0.6 is 0 Å². The molecule has 2 aromatic carbocycles. The Labute approximate surface area is 183 Å². The number of rotatable bonds is 6. The molecule has 0 saturated heterocycles. The Kier molecular flexibility index (Phi) is 5.04. The first-order chi connectivity index (χ1) is 15.5. The highest BCUT2D eigenvalue weighted by atomic mass is 16.4. The summed E-state index contributed by atoms with van der Waals surface area (Å²) in [5.74, 6) is 0.485. The third-order valence-electron chi connectivity index (χ3n) is 5.56. The zero-order chi connectivity index (χ0) is 22.2. The van der Waals surface area contributed by atoms with E-state index in [1.165, 1.54) is 4.68 Å². The molecule has 11 heteroatoms. The highest BCUT2D eigenvalue weighted by Crippen LogP contribution is 2.28. The maximum Gasteiger partial charge on any atom is 0.488 e. The smallest absolute Gasteiger partial charge is 0.423 e. The summed E-state index contributed by atoms with van der Waals surface area (Å²) in [6, 6.07) is 12.2. The third-order valence-corrected chi connectivity index (χ3v) is 5.56.